The Hall–Kier alpha value is -3.06. The summed E-state index contributed by atoms with van der Waals surface area (Å²) >= 11 is 0. The lowest BCUT2D eigenvalue weighted by Gasteiger charge is -2.13. The molecule has 0 aliphatic heterocycles. The molecule has 25 heavy (non-hydrogen) atoms. The van der Waals surface area contributed by atoms with Crippen LogP contribution < -0.4 is 10.9 Å². The van der Waals surface area contributed by atoms with Crippen LogP contribution in [0.1, 0.15) is 22.0 Å². The van der Waals surface area contributed by atoms with Gasteiger partial charge in [0, 0.05) is 11.9 Å². The monoisotopic (exact) mass is 345 g/mol. The maximum Gasteiger partial charge on any atom is 0.349 e. The first-order chi connectivity index (χ1) is 12.0. The van der Waals surface area contributed by atoms with E-state index in [0.717, 1.165) is 12.1 Å². The largest absolute Gasteiger partial charge is 0.422 e. The van der Waals surface area contributed by atoms with Crippen molar-refractivity contribution in [3.63, 3.8) is 0 Å². The van der Waals surface area contributed by atoms with Gasteiger partial charge in [0.25, 0.3) is 5.91 Å². The minimum absolute atomic E-state index is 0.264. The van der Waals surface area contributed by atoms with E-state index in [2.05, 4.69) is 5.32 Å². The maximum atomic E-state index is 13.6. The molecule has 0 radical (unpaired) electrons. The van der Waals surface area contributed by atoms with Gasteiger partial charge in [-0.15, -0.1) is 0 Å². The zero-order valence-corrected chi connectivity index (χ0v) is 12.8. The zero-order valence-electron chi connectivity index (χ0n) is 12.8. The third-order valence-corrected chi connectivity index (χ3v) is 3.67. The number of aliphatic hydroxyl groups excluding tert-OH is 1. The average molecular weight is 345 g/mol. The predicted molar refractivity (Wildman–Crippen MR) is 86.1 cm³/mol. The number of hydrogen-bond donors (Lipinski definition) is 2. The van der Waals surface area contributed by atoms with E-state index in [-0.39, 0.29) is 5.56 Å². The molecule has 1 atom stereocenters. The number of benzene rings is 2. The molecule has 5 nitrogen and oxygen atoms in total. The SMILES string of the molecule is O=C(NCC(O)c1c(F)cccc1F)c1cc2ccccc2oc1=O. The number of para-hydroxylation sites is 1. The van der Waals surface area contributed by atoms with Crippen LogP contribution in [0.5, 0.6) is 0 Å². The highest BCUT2D eigenvalue weighted by molar-refractivity contribution is 5.96. The highest BCUT2D eigenvalue weighted by atomic mass is 19.1. The Morgan fingerprint density at radius 1 is 1.12 bits per heavy atom. The van der Waals surface area contributed by atoms with Crippen molar-refractivity contribution in [3.8, 4) is 0 Å². The van der Waals surface area contributed by atoms with Gasteiger partial charge < -0.3 is 14.8 Å². The van der Waals surface area contributed by atoms with Gasteiger partial charge in [0.15, 0.2) is 0 Å². The van der Waals surface area contributed by atoms with Crippen molar-refractivity contribution in [1.29, 1.82) is 0 Å². The third-order valence-electron chi connectivity index (χ3n) is 3.67. The van der Waals surface area contributed by atoms with E-state index in [1.807, 2.05) is 0 Å². The van der Waals surface area contributed by atoms with E-state index in [1.54, 1.807) is 24.3 Å². The van der Waals surface area contributed by atoms with Crippen molar-refractivity contribution in [3.05, 3.63) is 81.7 Å². The highest BCUT2D eigenvalue weighted by Crippen LogP contribution is 2.20. The fraction of sp³-hybridized carbons (Fsp3) is 0.111. The molecule has 0 saturated heterocycles. The molecule has 1 aromatic heterocycles. The van der Waals surface area contributed by atoms with Crippen molar-refractivity contribution in [2.75, 3.05) is 6.54 Å². The molecule has 1 unspecified atom stereocenters. The lowest BCUT2D eigenvalue weighted by atomic mass is 10.1. The predicted octanol–water partition coefficient (Wildman–Crippen LogP) is 2.53. The second-order valence-corrected chi connectivity index (χ2v) is 5.35. The fourth-order valence-corrected chi connectivity index (χ4v) is 2.44. The normalized spacial score (nSPS) is 12.1. The number of fused-ring (bicyclic) bond motifs is 1. The number of nitrogens with one attached hydrogen (secondary N) is 1. The van der Waals surface area contributed by atoms with Gasteiger partial charge in [0.05, 0.1) is 5.56 Å². The van der Waals surface area contributed by atoms with E-state index in [4.69, 9.17) is 4.42 Å². The van der Waals surface area contributed by atoms with Crippen molar-refractivity contribution >= 4 is 16.9 Å². The van der Waals surface area contributed by atoms with Gasteiger partial charge in [-0.25, -0.2) is 13.6 Å². The van der Waals surface area contributed by atoms with Crippen molar-refractivity contribution in [1.82, 2.24) is 5.32 Å². The summed E-state index contributed by atoms with van der Waals surface area (Å²) < 4.78 is 32.3. The lowest BCUT2D eigenvalue weighted by Crippen LogP contribution is -2.32. The molecule has 128 valence electrons. The number of carbonyl (C=O) groups is 1. The summed E-state index contributed by atoms with van der Waals surface area (Å²) in [6.45, 7) is -0.469. The third kappa shape index (κ3) is 3.41. The number of halogens is 2. The Labute approximate surface area is 140 Å². The van der Waals surface area contributed by atoms with Crippen LogP contribution in [0.25, 0.3) is 11.0 Å². The van der Waals surface area contributed by atoms with Gasteiger partial charge in [-0.05, 0) is 24.3 Å². The van der Waals surface area contributed by atoms with Crippen molar-refractivity contribution in [2.24, 2.45) is 0 Å². The van der Waals surface area contributed by atoms with Crippen LogP contribution in [-0.2, 0) is 0 Å². The molecule has 0 bridgehead atoms. The van der Waals surface area contributed by atoms with Gasteiger partial charge >= 0.3 is 5.63 Å². The molecule has 7 heteroatoms. The van der Waals surface area contributed by atoms with Crippen LogP contribution in [0.15, 0.2) is 57.7 Å². The first-order valence-corrected chi connectivity index (χ1v) is 7.40. The molecule has 3 aromatic rings. The summed E-state index contributed by atoms with van der Waals surface area (Å²) in [5, 5.41) is 12.7. The van der Waals surface area contributed by atoms with Crippen LogP contribution in [0.3, 0.4) is 0 Å². The molecular formula is C18H13F2NO4. The number of hydrogen-bond acceptors (Lipinski definition) is 4. The van der Waals surface area contributed by atoms with Crippen LogP contribution >= 0.6 is 0 Å². The minimum atomic E-state index is -1.60. The Kier molecular flexibility index (Phi) is 4.58. The molecule has 0 aliphatic carbocycles. The van der Waals surface area contributed by atoms with Gasteiger partial charge in [0.1, 0.15) is 28.9 Å². The van der Waals surface area contributed by atoms with Crippen LogP contribution in [0.4, 0.5) is 8.78 Å². The molecular weight excluding hydrogens is 332 g/mol. The molecule has 2 aromatic carbocycles. The summed E-state index contributed by atoms with van der Waals surface area (Å²) in [7, 11) is 0. The Bertz CT molecular complexity index is 980. The van der Waals surface area contributed by atoms with E-state index in [1.165, 1.54) is 12.1 Å². The molecule has 2 N–H and O–H groups in total. The van der Waals surface area contributed by atoms with Crippen LogP contribution in [0, 0.1) is 11.6 Å². The smallest absolute Gasteiger partial charge is 0.349 e. The molecule has 1 amide bonds. The fourth-order valence-electron chi connectivity index (χ4n) is 2.44. The number of rotatable bonds is 4. The molecule has 0 spiro atoms. The van der Waals surface area contributed by atoms with Gasteiger partial charge in [-0.2, -0.15) is 0 Å². The first kappa shape index (κ1) is 16.8. The highest BCUT2D eigenvalue weighted by Gasteiger charge is 2.20. The maximum absolute atomic E-state index is 13.6. The average Bonchev–Trinajstić information content (AvgIpc) is 2.59. The Balaban J connectivity index is 1.79. The second kappa shape index (κ2) is 6.82. The number of carbonyl (C=O) groups excluding carboxylic acids is 1. The van der Waals surface area contributed by atoms with Crippen LogP contribution in [-0.4, -0.2) is 17.6 Å². The van der Waals surface area contributed by atoms with Crippen molar-refractivity contribution in [2.45, 2.75) is 6.10 Å². The number of amides is 1. The zero-order chi connectivity index (χ0) is 18.0. The summed E-state index contributed by atoms with van der Waals surface area (Å²) in [4.78, 5) is 24.0. The van der Waals surface area contributed by atoms with E-state index in [0.29, 0.717) is 11.0 Å². The first-order valence-electron chi connectivity index (χ1n) is 7.40. The topological polar surface area (TPSA) is 79.5 Å². The lowest BCUT2D eigenvalue weighted by molar-refractivity contribution is 0.0908. The standard InChI is InChI=1S/C18H13F2NO4/c19-12-5-3-6-13(20)16(12)14(22)9-21-17(23)11-8-10-4-1-2-7-15(10)25-18(11)24/h1-8,14,22H,9H2,(H,21,23). The van der Waals surface area contributed by atoms with E-state index < -0.39 is 41.4 Å². The van der Waals surface area contributed by atoms with Gasteiger partial charge in [-0.3, -0.25) is 4.79 Å². The summed E-state index contributed by atoms with van der Waals surface area (Å²) in [6.07, 6.45) is -1.60. The van der Waals surface area contributed by atoms with Crippen molar-refractivity contribution < 1.29 is 23.1 Å². The van der Waals surface area contributed by atoms with Crippen LogP contribution in [0.2, 0.25) is 0 Å². The van der Waals surface area contributed by atoms with E-state index >= 15 is 0 Å². The molecule has 0 fully saturated rings. The molecule has 3 rings (SSSR count). The van der Waals surface area contributed by atoms with Gasteiger partial charge in [-0.1, -0.05) is 24.3 Å². The number of aliphatic hydroxyl groups is 1. The quantitative estimate of drug-likeness (QED) is 0.712. The second-order valence-electron chi connectivity index (χ2n) is 5.35. The summed E-state index contributed by atoms with van der Waals surface area (Å²) in [6, 6.07) is 11.2. The molecule has 0 saturated carbocycles. The Morgan fingerprint density at radius 2 is 1.80 bits per heavy atom. The molecule has 1 heterocycles. The van der Waals surface area contributed by atoms with Gasteiger partial charge in [0.2, 0.25) is 0 Å². The summed E-state index contributed by atoms with van der Waals surface area (Å²) in [5.41, 5.74) is -1.33. The van der Waals surface area contributed by atoms with E-state index in [9.17, 15) is 23.5 Å². The minimum Gasteiger partial charge on any atom is -0.422 e. The Morgan fingerprint density at radius 3 is 2.52 bits per heavy atom. The summed E-state index contributed by atoms with van der Waals surface area (Å²) in [5.74, 6) is -2.66. The molecule has 0 aliphatic rings.